The number of allylic oxidation sites excluding steroid dienone is 4. The van der Waals surface area contributed by atoms with Crippen molar-refractivity contribution in [1.29, 1.82) is 0 Å². The molecule has 4 nitrogen and oxygen atoms in total. The molecule has 0 saturated heterocycles. The molecule has 1 aromatic rings. The van der Waals surface area contributed by atoms with Crippen molar-refractivity contribution in [3.63, 3.8) is 0 Å². The minimum absolute atomic E-state index is 0.114. The summed E-state index contributed by atoms with van der Waals surface area (Å²) in [6, 6.07) is 3.66. The van der Waals surface area contributed by atoms with E-state index in [1.54, 1.807) is 27.7 Å². The van der Waals surface area contributed by atoms with Crippen molar-refractivity contribution in [2.24, 2.45) is 4.40 Å². The SMILES string of the molecule is CC1=C(C)C(=NS(=O)(=O)c2c(C)cc(C)cc2C)C=CC1=O. The maximum Gasteiger partial charge on any atom is 0.283 e. The van der Waals surface area contributed by atoms with E-state index in [-0.39, 0.29) is 10.7 Å². The summed E-state index contributed by atoms with van der Waals surface area (Å²) in [4.78, 5) is 11.8. The summed E-state index contributed by atoms with van der Waals surface area (Å²) >= 11 is 0. The highest BCUT2D eigenvalue weighted by Crippen LogP contribution is 2.25. The fraction of sp³-hybridized carbons (Fsp3) is 0.294. The van der Waals surface area contributed by atoms with Gasteiger partial charge in [0.2, 0.25) is 0 Å². The zero-order valence-electron chi connectivity index (χ0n) is 13.4. The van der Waals surface area contributed by atoms with Crippen LogP contribution in [-0.4, -0.2) is 19.9 Å². The van der Waals surface area contributed by atoms with Crippen LogP contribution in [0.15, 0.2) is 44.7 Å². The minimum atomic E-state index is -3.82. The molecule has 1 aliphatic carbocycles. The first-order chi connectivity index (χ1) is 10.1. The Hall–Kier alpha value is -2.01. The Morgan fingerprint density at radius 2 is 1.41 bits per heavy atom. The summed E-state index contributed by atoms with van der Waals surface area (Å²) < 4.78 is 29.3. The van der Waals surface area contributed by atoms with Crippen molar-refractivity contribution in [2.75, 3.05) is 0 Å². The maximum atomic E-state index is 12.7. The van der Waals surface area contributed by atoms with E-state index >= 15 is 0 Å². The van der Waals surface area contributed by atoms with Gasteiger partial charge in [-0.05, 0) is 63.5 Å². The Kier molecular flexibility index (Phi) is 4.20. The van der Waals surface area contributed by atoms with Crippen LogP contribution in [0, 0.1) is 20.8 Å². The lowest BCUT2D eigenvalue weighted by Crippen LogP contribution is -2.14. The van der Waals surface area contributed by atoms with Gasteiger partial charge in [-0.25, -0.2) is 0 Å². The molecule has 5 heteroatoms. The van der Waals surface area contributed by atoms with Gasteiger partial charge in [-0.15, -0.1) is 0 Å². The van der Waals surface area contributed by atoms with Crippen LogP contribution in [-0.2, 0) is 14.8 Å². The molecule has 0 aliphatic heterocycles. The quantitative estimate of drug-likeness (QED) is 0.787. The molecule has 0 N–H and O–H groups in total. The molecule has 0 bridgehead atoms. The lowest BCUT2D eigenvalue weighted by molar-refractivity contribution is -0.111. The second-order valence-corrected chi connectivity index (χ2v) is 7.17. The van der Waals surface area contributed by atoms with Crippen molar-refractivity contribution in [3.8, 4) is 0 Å². The third-order valence-electron chi connectivity index (χ3n) is 3.79. The maximum absolute atomic E-state index is 12.7. The van der Waals surface area contributed by atoms with E-state index in [0.717, 1.165) is 5.56 Å². The van der Waals surface area contributed by atoms with Gasteiger partial charge >= 0.3 is 0 Å². The van der Waals surface area contributed by atoms with Gasteiger partial charge in [0, 0.05) is 5.57 Å². The highest BCUT2D eigenvalue weighted by Gasteiger charge is 2.22. The average molecular weight is 317 g/mol. The topological polar surface area (TPSA) is 63.6 Å². The highest BCUT2D eigenvalue weighted by atomic mass is 32.2. The predicted octanol–water partition coefficient (Wildman–Crippen LogP) is 3.22. The number of carbonyl (C=O) groups excluding carboxylic acids is 1. The standard InChI is InChI=1S/C17H19NO3S/c1-10-8-11(2)17(12(3)9-10)22(20,21)18-15-6-7-16(19)14(5)13(15)4/h6-9H,1-5H3. The third kappa shape index (κ3) is 2.95. The van der Waals surface area contributed by atoms with Crippen molar-refractivity contribution < 1.29 is 13.2 Å². The normalized spacial score (nSPS) is 17.5. The van der Waals surface area contributed by atoms with Crippen LogP contribution in [0.25, 0.3) is 0 Å². The molecule has 2 rings (SSSR count). The van der Waals surface area contributed by atoms with E-state index in [1.807, 2.05) is 19.1 Å². The van der Waals surface area contributed by atoms with Crippen LogP contribution < -0.4 is 0 Å². The smallest absolute Gasteiger partial charge is 0.283 e. The van der Waals surface area contributed by atoms with E-state index in [4.69, 9.17) is 0 Å². The summed E-state index contributed by atoms with van der Waals surface area (Å²) in [6.07, 6.45) is 2.81. The number of nitrogens with zero attached hydrogens (tertiary/aromatic N) is 1. The molecular weight excluding hydrogens is 298 g/mol. The Labute approximate surface area is 131 Å². The van der Waals surface area contributed by atoms with E-state index < -0.39 is 10.0 Å². The Morgan fingerprint density at radius 1 is 0.864 bits per heavy atom. The lowest BCUT2D eigenvalue weighted by Gasteiger charge is -2.13. The molecule has 0 saturated carbocycles. The number of sulfonamides is 1. The fourth-order valence-electron chi connectivity index (χ4n) is 2.63. The Balaban J connectivity index is 2.61. The number of benzene rings is 1. The molecule has 1 aromatic carbocycles. The predicted molar refractivity (Wildman–Crippen MR) is 87.8 cm³/mol. The summed E-state index contributed by atoms with van der Waals surface area (Å²) in [5.74, 6) is -0.114. The van der Waals surface area contributed by atoms with Gasteiger partial charge in [-0.2, -0.15) is 12.8 Å². The molecule has 0 radical (unpaired) electrons. The van der Waals surface area contributed by atoms with Gasteiger partial charge < -0.3 is 0 Å². The minimum Gasteiger partial charge on any atom is -0.290 e. The van der Waals surface area contributed by atoms with Crippen LogP contribution in [0.3, 0.4) is 0 Å². The van der Waals surface area contributed by atoms with E-state index in [1.165, 1.54) is 12.2 Å². The number of carbonyl (C=O) groups is 1. The molecule has 1 aliphatic rings. The molecule has 0 heterocycles. The zero-order valence-corrected chi connectivity index (χ0v) is 14.2. The number of rotatable bonds is 2. The lowest BCUT2D eigenvalue weighted by atomic mass is 9.97. The van der Waals surface area contributed by atoms with E-state index in [0.29, 0.717) is 28.0 Å². The van der Waals surface area contributed by atoms with Crippen LogP contribution in [0.5, 0.6) is 0 Å². The van der Waals surface area contributed by atoms with Crippen LogP contribution >= 0.6 is 0 Å². The van der Waals surface area contributed by atoms with E-state index in [2.05, 4.69) is 4.40 Å². The number of ketones is 1. The van der Waals surface area contributed by atoms with Gasteiger partial charge in [0.25, 0.3) is 10.0 Å². The summed E-state index contributed by atoms with van der Waals surface area (Å²) in [7, 11) is -3.82. The number of hydrogen-bond donors (Lipinski definition) is 0. The summed E-state index contributed by atoms with van der Waals surface area (Å²) in [5, 5.41) is 0. The number of aryl methyl sites for hydroxylation is 3. The van der Waals surface area contributed by atoms with Gasteiger partial charge in [0.1, 0.15) is 0 Å². The van der Waals surface area contributed by atoms with Crippen LogP contribution in [0.4, 0.5) is 0 Å². The number of hydrogen-bond acceptors (Lipinski definition) is 3. The molecule has 22 heavy (non-hydrogen) atoms. The first-order valence-corrected chi connectivity index (χ1v) is 8.40. The Bertz CT molecular complexity index is 833. The first kappa shape index (κ1) is 16.4. The molecule has 0 atom stereocenters. The molecule has 116 valence electrons. The van der Waals surface area contributed by atoms with Gasteiger partial charge in [0.05, 0.1) is 10.6 Å². The monoisotopic (exact) mass is 317 g/mol. The van der Waals surface area contributed by atoms with Gasteiger partial charge in [-0.1, -0.05) is 17.7 Å². The van der Waals surface area contributed by atoms with Crippen LogP contribution in [0.1, 0.15) is 30.5 Å². The molecule has 0 spiro atoms. The second-order valence-electron chi connectivity index (χ2n) is 5.63. The summed E-state index contributed by atoms with van der Waals surface area (Å²) in [5.41, 5.74) is 3.80. The van der Waals surface area contributed by atoms with Crippen molar-refractivity contribution in [3.05, 3.63) is 52.1 Å². The third-order valence-corrected chi connectivity index (χ3v) is 5.39. The molecular formula is C17H19NO3S. The molecule has 0 amide bonds. The Morgan fingerprint density at radius 3 is 1.95 bits per heavy atom. The van der Waals surface area contributed by atoms with Gasteiger partial charge in [0.15, 0.2) is 5.78 Å². The van der Waals surface area contributed by atoms with Gasteiger partial charge in [-0.3, -0.25) is 4.79 Å². The molecule has 0 unspecified atom stereocenters. The van der Waals surface area contributed by atoms with Crippen LogP contribution in [0.2, 0.25) is 0 Å². The fourth-order valence-corrected chi connectivity index (χ4v) is 4.11. The highest BCUT2D eigenvalue weighted by molar-refractivity contribution is 7.90. The van der Waals surface area contributed by atoms with Crippen molar-refractivity contribution >= 4 is 21.5 Å². The van der Waals surface area contributed by atoms with Crippen molar-refractivity contribution in [2.45, 2.75) is 39.5 Å². The second kappa shape index (κ2) is 5.65. The van der Waals surface area contributed by atoms with Crippen molar-refractivity contribution in [1.82, 2.24) is 0 Å². The largest absolute Gasteiger partial charge is 0.290 e. The first-order valence-electron chi connectivity index (χ1n) is 6.96. The molecule has 0 fully saturated rings. The van der Waals surface area contributed by atoms with E-state index in [9.17, 15) is 13.2 Å². The zero-order chi connectivity index (χ0) is 16.7. The molecule has 0 aromatic heterocycles. The average Bonchev–Trinajstić information content (AvgIpc) is 2.38. The summed E-state index contributed by atoms with van der Waals surface area (Å²) in [6.45, 7) is 8.84.